The molecule has 25 heavy (non-hydrogen) atoms. The lowest BCUT2D eigenvalue weighted by atomic mass is 9.79. The van der Waals surface area contributed by atoms with Gasteiger partial charge in [-0.25, -0.2) is 0 Å². The predicted molar refractivity (Wildman–Crippen MR) is 101 cm³/mol. The first kappa shape index (κ1) is 14.8. The van der Waals surface area contributed by atoms with Crippen LogP contribution in [0.15, 0.2) is 42.5 Å². The van der Waals surface area contributed by atoms with Crippen molar-refractivity contribution in [3.05, 3.63) is 53.6 Å². The number of rotatable bonds is 1. The molecule has 0 aliphatic carbocycles. The van der Waals surface area contributed by atoms with Gasteiger partial charge in [0.1, 0.15) is 0 Å². The second kappa shape index (κ2) is 5.01. The van der Waals surface area contributed by atoms with Gasteiger partial charge in [0.15, 0.2) is 5.54 Å². The van der Waals surface area contributed by atoms with Gasteiger partial charge in [-0.2, -0.15) is 0 Å². The van der Waals surface area contributed by atoms with Crippen molar-refractivity contribution in [3.8, 4) is 0 Å². The first-order chi connectivity index (χ1) is 12.1. The molecule has 0 saturated carbocycles. The van der Waals surface area contributed by atoms with Gasteiger partial charge in [0.2, 0.25) is 0 Å². The molecule has 5 rings (SSSR count). The molecule has 2 aromatic carbocycles. The van der Waals surface area contributed by atoms with Crippen LogP contribution in [0.1, 0.15) is 43.7 Å². The zero-order chi connectivity index (χ0) is 17.2. The first-order valence-corrected chi connectivity index (χ1v) is 9.21. The largest absolute Gasteiger partial charge is 0.364 e. The van der Waals surface area contributed by atoms with Crippen LogP contribution in [0, 0.1) is 0 Å². The fourth-order valence-electron chi connectivity index (χ4n) is 4.79. The number of carbonyl (C=O) groups is 1. The summed E-state index contributed by atoms with van der Waals surface area (Å²) in [6.07, 6.45) is 2.15. The Morgan fingerprint density at radius 3 is 2.84 bits per heavy atom. The number of carbonyl (C=O) groups excluding carboxylic acids is 1. The average Bonchev–Trinajstić information content (AvgIpc) is 3.20. The van der Waals surface area contributed by atoms with E-state index in [0.29, 0.717) is 5.92 Å². The summed E-state index contributed by atoms with van der Waals surface area (Å²) in [5, 5.41) is 6.80. The molecule has 4 nitrogen and oxygen atoms in total. The van der Waals surface area contributed by atoms with Gasteiger partial charge < -0.3 is 15.5 Å². The van der Waals surface area contributed by atoms with Crippen LogP contribution in [0.5, 0.6) is 0 Å². The van der Waals surface area contributed by atoms with Crippen molar-refractivity contribution < 1.29 is 4.79 Å². The van der Waals surface area contributed by atoms with Crippen LogP contribution in [0.2, 0.25) is 0 Å². The molecule has 3 aliphatic heterocycles. The zero-order valence-electron chi connectivity index (χ0n) is 14.7. The van der Waals surface area contributed by atoms with E-state index in [2.05, 4.69) is 65.8 Å². The van der Waals surface area contributed by atoms with Crippen LogP contribution < -0.4 is 15.5 Å². The molecule has 1 amide bonds. The Kier molecular flexibility index (Phi) is 2.97. The van der Waals surface area contributed by atoms with Crippen molar-refractivity contribution in [2.75, 3.05) is 22.1 Å². The van der Waals surface area contributed by atoms with E-state index in [0.717, 1.165) is 36.3 Å². The molecule has 0 bridgehead atoms. The molecule has 1 spiro atoms. The van der Waals surface area contributed by atoms with Crippen molar-refractivity contribution in [2.24, 2.45) is 0 Å². The predicted octanol–water partition coefficient (Wildman–Crippen LogP) is 4.05. The molecule has 3 heterocycles. The number of hydrogen-bond acceptors (Lipinski definition) is 3. The highest BCUT2D eigenvalue weighted by Gasteiger charge is 2.58. The molecule has 2 N–H and O–H groups in total. The van der Waals surface area contributed by atoms with Gasteiger partial charge >= 0.3 is 0 Å². The van der Waals surface area contributed by atoms with Gasteiger partial charge in [-0.1, -0.05) is 38.1 Å². The van der Waals surface area contributed by atoms with Crippen LogP contribution in [0.3, 0.4) is 0 Å². The molecular weight excluding hydrogens is 310 g/mol. The number of nitrogens with one attached hydrogen (secondary N) is 2. The first-order valence-electron chi connectivity index (χ1n) is 9.21. The highest BCUT2D eigenvalue weighted by molar-refractivity contribution is 6.10. The third-order valence-electron chi connectivity index (χ3n) is 6.04. The van der Waals surface area contributed by atoms with E-state index in [-0.39, 0.29) is 11.9 Å². The van der Waals surface area contributed by atoms with Gasteiger partial charge in [-0.3, -0.25) is 4.79 Å². The Labute approximate surface area is 148 Å². The van der Waals surface area contributed by atoms with Gasteiger partial charge in [-0.15, -0.1) is 0 Å². The number of para-hydroxylation sites is 2. The second-order valence-electron chi connectivity index (χ2n) is 7.72. The third-order valence-corrected chi connectivity index (χ3v) is 6.04. The summed E-state index contributed by atoms with van der Waals surface area (Å²) < 4.78 is 0. The highest BCUT2D eigenvalue weighted by Crippen LogP contribution is 2.52. The van der Waals surface area contributed by atoms with Crippen LogP contribution in [-0.2, 0) is 10.3 Å². The number of fused-ring (bicyclic) bond motifs is 6. The molecule has 3 aliphatic rings. The normalized spacial score (nSPS) is 26.3. The zero-order valence-corrected chi connectivity index (χ0v) is 14.7. The summed E-state index contributed by atoms with van der Waals surface area (Å²) in [6, 6.07) is 14.9. The smallest absolute Gasteiger partial charge is 0.256 e. The van der Waals surface area contributed by atoms with Gasteiger partial charge in [0, 0.05) is 17.8 Å². The highest BCUT2D eigenvalue weighted by atomic mass is 16.2. The lowest BCUT2D eigenvalue weighted by molar-refractivity contribution is -0.120. The standard InChI is InChI=1S/C21H23N3O/c1-13(2)14-9-10-16-15(12-14)21(20(25)22-16)19-8-5-11-24(19)18-7-4-3-6-17(18)23-21/h3-4,6-7,9-10,12-13,19,23H,5,8,11H2,1-2H3,(H,22,25). The van der Waals surface area contributed by atoms with Gasteiger partial charge in [-0.05, 0) is 42.5 Å². The van der Waals surface area contributed by atoms with E-state index in [4.69, 9.17) is 0 Å². The Hall–Kier alpha value is -2.49. The Morgan fingerprint density at radius 1 is 1.16 bits per heavy atom. The fourth-order valence-corrected chi connectivity index (χ4v) is 4.79. The maximum absolute atomic E-state index is 13.2. The molecular formula is C21H23N3O. The van der Waals surface area contributed by atoms with E-state index in [1.165, 1.54) is 11.3 Å². The van der Waals surface area contributed by atoms with E-state index in [1.54, 1.807) is 0 Å². The molecule has 4 heteroatoms. The lowest BCUT2D eigenvalue weighted by Crippen LogP contribution is -2.59. The van der Waals surface area contributed by atoms with Gasteiger partial charge in [0.25, 0.3) is 5.91 Å². The van der Waals surface area contributed by atoms with Crippen molar-refractivity contribution in [1.82, 2.24) is 0 Å². The summed E-state index contributed by atoms with van der Waals surface area (Å²) in [5.41, 5.74) is 4.92. The number of amides is 1. The molecule has 2 aromatic rings. The second-order valence-corrected chi connectivity index (χ2v) is 7.72. The minimum Gasteiger partial charge on any atom is -0.364 e. The summed E-state index contributed by atoms with van der Waals surface area (Å²) >= 11 is 0. The molecule has 128 valence electrons. The quantitative estimate of drug-likeness (QED) is 0.827. The molecule has 1 saturated heterocycles. The molecule has 2 atom stereocenters. The average molecular weight is 333 g/mol. The van der Waals surface area contributed by atoms with Crippen LogP contribution in [0.4, 0.5) is 17.1 Å². The molecule has 2 unspecified atom stereocenters. The third kappa shape index (κ3) is 1.85. The van der Waals surface area contributed by atoms with E-state index >= 15 is 0 Å². The molecule has 0 radical (unpaired) electrons. The monoisotopic (exact) mass is 333 g/mol. The Bertz CT molecular complexity index is 875. The molecule has 1 fully saturated rings. The minimum atomic E-state index is -0.689. The number of hydrogen-bond donors (Lipinski definition) is 2. The minimum absolute atomic E-state index is 0.0785. The van der Waals surface area contributed by atoms with Crippen LogP contribution >= 0.6 is 0 Å². The van der Waals surface area contributed by atoms with Crippen molar-refractivity contribution in [1.29, 1.82) is 0 Å². The summed E-state index contributed by atoms with van der Waals surface area (Å²) in [7, 11) is 0. The SMILES string of the molecule is CC(C)c1ccc2c(c1)C1(Nc3ccccc3N3CCCC31)C(=O)N2. The number of benzene rings is 2. The topological polar surface area (TPSA) is 44.4 Å². The summed E-state index contributed by atoms with van der Waals surface area (Å²) in [4.78, 5) is 15.7. The number of anilines is 3. The van der Waals surface area contributed by atoms with E-state index in [1.807, 2.05) is 6.07 Å². The van der Waals surface area contributed by atoms with Crippen molar-refractivity contribution in [2.45, 2.75) is 44.2 Å². The Balaban J connectivity index is 1.74. The Morgan fingerprint density at radius 2 is 2.00 bits per heavy atom. The van der Waals surface area contributed by atoms with E-state index < -0.39 is 5.54 Å². The van der Waals surface area contributed by atoms with Crippen LogP contribution in [-0.4, -0.2) is 18.5 Å². The van der Waals surface area contributed by atoms with Gasteiger partial charge in [0.05, 0.1) is 17.4 Å². The fraction of sp³-hybridized carbons (Fsp3) is 0.381. The lowest BCUT2D eigenvalue weighted by Gasteiger charge is -2.46. The number of nitrogens with zero attached hydrogens (tertiary/aromatic N) is 1. The maximum Gasteiger partial charge on any atom is 0.256 e. The van der Waals surface area contributed by atoms with E-state index in [9.17, 15) is 4.79 Å². The summed E-state index contributed by atoms with van der Waals surface area (Å²) in [5.74, 6) is 0.517. The molecule has 0 aromatic heterocycles. The van der Waals surface area contributed by atoms with Crippen molar-refractivity contribution >= 4 is 23.0 Å². The maximum atomic E-state index is 13.2. The summed E-state index contributed by atoms with van der Waals surface area (Å²) in [6.45, 7) is 5.41. The van der Waals surface area contributed by atoms with Crippen LogP contribution in [0.25, 0.3) is 0 Å². The van der Waals surface area contributed by atoms with Crippen molar-refractivity contribution in [3.63, 3.8) is 0 Å².